The number of amidine groups is 1. The van der Waals surface area contributed by atoms with Crippen LogP contribution >= 0.6 is 0 Å². The van der Waals surface area contributed by atoms with Crippen LogP contribution in [0.1, 0.15) is 66.3 Å². The average molecular weight is 449 g/mol. The van der Waals surface area contributed by atoms with Crippen LogP contribution in [0.3, 0.4) is 0 Å². The summed E-state index contributed by atoms with van der Waals surface area (Å²) in [6.45, 7) is 7.27. The molecular formula is C26H32N4O3. The van der Waals surface area contributed by atoms with Gasteiger partial charge in [0, 0.05) is 41.9 Å². The van der Waals surface area contributed by atoms with E-state index in [2.05, 4.69) is 24.2 Å². The van der Waals surface area contributed by atoms with Crippen molar-refractivity contribution in [2.24, 2.45) is 10.7 Å². The van der Waals surface area contributed by atoms with E-state index in [0.29, 0.717) is 34.8 Å². The molecule has 0 bridgehead atoms. The molecule has 174 valence electrons. The number of anilines is 1. The van der Waals surface area contributed by atoms with E-state index < -0.39 is 6.23 Å². The number of benzene rings is 2. The molecule has 1 aliphatic rings. The van der Waals surface area contributed by atoms with E-state index in [0.717, 1.165) is 37.1 Å². The summed E-state index contributed by atoms with van der Waals surface area (Å²) >= 11 is 0. The molecule has 4 N–H and O–H groups in total. The minimum atomic E-state index is -0.731. The van der Waals surface area contributed by atoms with Crippen molar-refractivity contribution < 1.29 is 14.7 Å². The Morgan fingerprint density at radius 3 is 2.33 bits per heavy atom. The molecule has 2 aromatic rings. The topological polar surface area (TPSA) is 108 Å². The lowest BCUT2D eigenvalue weighted by molar-refractivity contribution is 0.0323. The Kier molecular flexibility index (Phi) is 8.14. The van der Waals surface area contributed by atoms with Crippen molar-refractivity contribution in [3.63, 3.8) is 0 Å². The fourth-order valence-electron chi connectivity index (χ4n) is 3.88. The minimum Gasteiger partial charge on any atom is -0.387 e. The molecule has 1 unspecified atom stereocenters. The molecule has 0 aromatic heterocycles. The second kappa shape index (κ2) is 11.0. The molecular weight excluding hydrogens is 416 g/mol. The Bertz CT molecular complexity index is 1070. The Morgan fingerprint density at radius 1 is 1.09 bits per heavy atom. The van der Waals surface area contributed by atoms with E-state index in [1.165, 1.54) is 6.92 Å². The zero-order valence-corrected chi connectivity index (χ0v) is 19.5. The zero-order valence-electron chi connectivity index (χ0n) is 19.5. The summed E-state index contributed by atoms with van der Waals surface area (Å²) in [6.07, 6.45) is 3.44. The van der Waals surface area contributed by atoms with Gasteiger partial charge in [-0.3, -0.25) is 14.5 Å². The number of aliphatic imine (C=N–C) groups is 1. The maximum absolute atomic E-state index is 12.8. The fourth-order valence-corrected chi connectivity index (χ4v) is 3.88. The van der Waals surface area contributed by atoms with Crippen molar-refractivity contribution in [2.45, 2.75) is 46.3 Å². The largest absolute Gasteiger partial charge is 0.387 e. The number of hydrogen-bond donors (Lipinski definition) is 3. The third kappa shape index (κ3) is 6.15. The maximum atomic E-state index is 12.8. The molecule has 0 aliphatic carbocycles. The van der Waals surface area contributed by atoms with Crippen molar-refractivity contribution in [2.75, 3.05) is 18.4 Å². The van der Waals surface area contributed by atoms with Gasteiger partial charge >= 0.3 is 0 Å². The van der Waals surface area contributed by atoms with Crippen molar-refractivity contribution in [3.8, 4) is 0 Å². The number of nitrogens with zero attached hydrogens (tertiary/aromatic N) is 2. The third-order valence-corrected chi connectivity index (χ3v) is 5.53. The average Bonchev–Trinajstić information content (AvgIpc) is 2.96. The number of nitrogens with two attached hydrogens (primary N) is 1. The number of carbonyl (C=O) groups excluding carboxylic acids is 2. The van der Waals surface area contributed by atoms with Crippen molar-refractivity contribution in [1.82, 2.24) is 4.90 Å². The van der Waals surface area contributed by atoms with Gasteiger partial charge in [0.05, 0.1) is 5.69 Å². The van der Waals surface area contributed by atoms with Gasteiger partial charge in [0.2, 0.25) is 0 Å². The Hall–Kier alpha value is -3.29. The Labute approximate surface area is 195 Å². The van der Waals surface area contributed by atoms with Crippen LogP contribution in [0.4, 0.5) is 11.4 Å². The summed E-state index contributed by atoms with van der Waals surface area (Å²) in [4.78, 5) is 30.7. The monoisotopic (exact) mass is 448 g/mol. The standard InChI is InChI=1S/C26H32N4O3/c1-4-12-30(13-5-2)26(33)21-14-19-6-7-20(15-23(19)29-24(27)16-21)25(32)28-22-10-8-18(9-11-22)17(3)31/h6-11,14-15,26,33H,4-5,12-13,16H2,1-3H3,(H2,27,29)(H,28,32). The highest BCUT2D eigenvalue weighted by atomic mass is 16.3. The third-order valence-electron chi connectivity index (χ3n) is 5.53. The Balaban J connectivity index is 1.83. The molecule has 33 heavy (non-hydrogen) atoms. The molecule has 0 spiro atoms. The lowest BCUT2D eigenvalue weighted by Crippen LogP contribution is -2.38. The smallest absolute Gasteiger partial charge is 0.255 e. The predicted octanol–water partition coefficient (Wildman–Crippen LogP) is 4.36. The first-order valence-electron chi connectivity index (χ1n) is 11.3. The highest BCUT2D eigenvalue weighted by Gasteiger charge is 2.22. The highest BCUT2D eigenvalue weighted by Crippen LogP contribution is 2.30. The molecule has 7 nitrogen and oxygen atoms in total. The normalized spacial score (nSPS) is 14.1. The van der Waals surface area contributed by atoms with E-state index in [-0.39, 0.29) is 11.7 Å². The van der Waals surface area contributed by atoms with Crippen LogP contribution in [0.25, 0.3) is 6.08 Å². The van der Waals surface area contributed by atoms with Crippen LogP contribution in [0.5, 0.6) is 0 Å². The number of Topliss-reactive ketones (excluding diaryl/α,β-unsaturated/α-hetero) is 1. The molecule has 3 rings (SSSR count). The summed E-state index contributed by atoms with van der Waals surface area (Å²) in [5, 5.41) is 13.8. The van der Waals surface area contributed by atoms with Crippen molar-refractivity contribution in [1.29, 1.82) is 0 Å². The first-order valence-corrected chi connectivity index (χ1v) is 11.3. The van der Waals surface area contributed by atoms with Gasteiger partial charge in [-0.05, 0) is 67.8 Å². The van der Waals surface area contributed by atoms with Crippen LogP contribution < -0.4 is 11.1 Å². The second-order valence-corrected chi connectivity index (χ2v) is 8.27. The van der Waals surface area contributed by atoms with Gasteiger partial charge in [-0.1, -0.05) is 19.9 Å². The summed E-state index contributed by atoms with van der Waals surface area (Å²) < 4.78 is 0. The van der Waals surface area contributed by atoms with E-state index in [4.69, 9.17) is 5.73 Å². The van der Waals surface area contributed by atoms with Gasteiger partial charge in [-0.2, -0.15) is 0 Å². The highest BCUT2D eigenvalue weighted by molar-refractivity contribution is 6.05. The number of nitrogens with one attached hydrogen (secondary N) is 1. The molecule has 1 heterocycles. The second-order valence-electron chi connectivity index (χ2n) is 8.27. The first-order chi connectivity index (χ1) is 15.8. The number of aliphatic hydroxyl groups is 1. The molecule has 1 atom stereocenters. The van der Waals surface area contributed by atoms with E-state index in [9.17, 15) is 14.7 Å². The number of amides is 1. The summed E-state index contributed by atoms with van der Waals surface area (Å²) in [6, 6.07) is 12.0. The van der Waals surface area contributed by atoms with Gasteiger partial charge < -0.3 is 16.2 Å². The van der Waals surface area contributed by atoms with E-state index >= 15 is 0 Å². The first kappa shape index (κ1) is 24.4. The molecule has 2 aromatic carbocycles. The van der Waals surface area contributed by atoms with Crippen LogP contribution in [0.15, 0.2) is 53.0 Å². The summed E-state index contributed by atoms with van der Waals surface area (Å²) in [7, 11) is 0. The van der Waals surface area contributed by atoms with Gasteiger partial charge in [-0.15, -0.1) is 0 Å². The molecule has 0 fully saturated rings. The molecule has 0 saturated heterocycles. The van der Waals surface area contributed by atoms with Crippen LogP contribution in [-0.4, -0.2) is 46.8 Å². The molecule has 1 aliphatic heterocycles. The molecule has 0 saturated carbocycles. The Morgan fingerprint density at radius 2 is 1.73 bits per heavy atom. The molecule has 0 radical (unpaired) electrons. The fraction of sp³-hybridized carbons (Fsp3) is 0.346. The SMILES string of the molecule is CCCN(CCC)C(O)C1=Cc2ccc(C(=O)Nc3ccc(C(C)=O)cc3)cc2N=C(N)C1. The van der Waals surface area contributed by atoms with E-state index in [1.54, 1.807) is 36.4 Å². The number of rotatable bonds is 9. The zero-order chi connectivity index (χ0) is 24.0. The summed E-state index contributed by atoms with van der Waals surface area (Å²) in [5.41, 5.74) is 9.98. The lowest BCUT2D eigenvalue weighted by Gasteiger charge is -2.28. The van der Waals surface area contributed by atoms with Crippen molar-refractivity contribution in [3.05, 3.63) is 64.7 Å². The predicted molar refractivity (Wildman–Crippen MR) is 133 cm³/mol. The minimum absolute atomic E-state index is 0.0286. The number of aliphatic hydroxyl groups excluding tert-OH is 1. The van der Waals surface area contributed by atoms with Gasteiger partial charge in [0.25, 0.3) is 5.91 Å². The lowest BCUT2D eigenvalue weighted by atomic mass is 10.0. The number of ketones is 1. The molecule has 1 amide bonds. The van der Waals surface area contributed by atoms with Gasteiger partial charge in [0.15, 0.2) is 5.78 Å². The van der Waals surface area contributed by atoms with Crippen LogP contribution in [-0.2, 0) is 0 Å². The van der Waals surface area contributed by atoms with Gasteiger partial charge in [0.1, 0.15) is 12.1 Å². The number of hydrogen-bond acceptors (Lipinski definition) is 6. The summed E-state index contributed by atoms with van der Waals surface area (Å²) in [5.74, 6) is 0.0798. The van der Waals surface area contributed by atoms with E-state index in [1.807, 2.05) is 17.0 Å². The quantitative estimate of drug-likeness (QED) is 0.390. The van der Waals surface area contributed by atoms with Crippen LogP contribution in [0.2, 0.25) is 0 Å². The molecule has 7 heteroatoms. The number of fused-ring (bicyclic) bond motifs is 1. The van der Waals surface area contributed by atoms with Gasteiger partial charge in [-0.25, -0.2) is 4.99 Å². The van der Waals surface area contributed by atoms with Crippen molar-refractivity contribution >= 4 is 35.0 Å². The number of carbonyl (C=O) groups is 2. The van der Waals surface area contributed by atoms with Crippen LogP contribution in [0, 0.1) is 0 Å². The maximum Gasteiger partial charge on any atom is 0.255 e.